The minimum absolute atomic E-state index is 0.0348. The highest BCUT2D eigenvalue weighted by Crippen LogP contribution is 2.27. The monoisotopic (exact) mass is 421 g/mol. The number of hydrogen-bond donors (Lipinski definition) is 1. The third kappa shape index (κ3) is 9.51. The van der Waals surface area contributed by atoms with E-state index in [-0.39, 0.29) is 23.7 Å². The summed E-state index contributed by atoms with van der Waals surface area (Å²) in [5.74, 6) is -0.508. The molecule has 6 nitrogen and oxygen atoms in total. The third-order valence-electron chi connectivity index (χ3n) is 4.60. The van der Waals surface area contributed by atoms with Crippen LogP contribution >= 0.6 is 0 Å². The maximum atomic E-state index is 13.0. The van der Waals surface area contributed by atoms with Crippen molar-refractivity contribution >= 4 is 12.1 Å². The Hall–Kier alpha value is -2.24. The molecular weight excluding hydrogens is 382 g/mol. The second kappa shape index (κ2) is 10.2. The lowest BCUT2D eigenvalue weighted by Gasteiger charge is -2.29. The molecule has 0 bridgehead atoms. The molecule has 0 aliphatic carbocycles. The second-order valence-corrected chi connectivity index (χ2v) is 10.2. The molecule has 2 unspecified atom stereocenters. The molecule has 1 amide bonds. The fourth-order valence-corrected chi connectivity index (χ4v) is 3.14. The van der Waals surface area contributed by atoms with Gasteiger partial charge in [-0.3, -0.25) is 4.79 Å². The van der Waals surface area contributed by atoms with Crippen LogP contribution in [0.15, 0.2) is 18.2 Å². The van der Waals surface area contributed by atoms with Crippen LogP contribution in [0.25, 0.3) is 0 Å². The Morgan fingerprint density at radius 2 is 1.60 bits per heavy atom. The van der Waals surface area contributed by atoms with Gasteiger partial charge in [-0.1, -0.05) is 13.0 Å². The molecule has 6 heteroatoms. The molecule has 170 valence electrons. The molecule has 0 fully saturated rings. The Balaban J connectivity index is 2.92. The van der Waals surface area contributed by atoms with Crippen LogP contribution in [0.1, 0.15) is 66.0 Å². The summed E-state index contributed by atoms with van der Waals surface area (Å²) >= 11 is 0. The van der Waals surface area contributed by atoms with Gasteiger partial charge in [0.1, 0.15) is 17.0 Å². The number of aromatic hydroxyl groups is 1. The lowest BCUT2D eigenvalue weighted by Crippen LogP contribution is -2.37. The maximum absolute atomic E-state index is 13.0. The van der Waals surface area contributed by atoms with E-state index in [1.807, 2.05) is 61.5 Å². The molecule has 1 aromatic rings. The first-order valence-electron chi connectivity index (χ1n) is 10.5. The zero-order chi connectivity index (χ0) is 23.3. The highest BCUT2D eigenvalue weighted by molar-refractivity contribution is 5.73. The van der Waals surface area contributed by atoms with Gasteiger partial charge in [-0.25, -0.2) is 4.79 Å². The number of nitrogens with zero attached hydrogens (tertiary/aromatic N) is 1. The fraction of sp³-hybridized carbons (Fsp3) is 0.667. The number of phenolic OH excluding ortho intramolecular Hbond substituents is 1. The lowest BCUT2D eigenvalue weighted by atomic mass is 9.85. The Labute approximate surface area is 181 Å². The van der Waals surface area contributed by atoms with Crippen LogP contribution in [0.2, 0.25) is 0 Å². The van der Waals surface area contributed by atoms with Gasteiger partial charge >= 0.3 is 12.1 Å². The highest BCUT2D eigenvalue weighted by atomic mass is 16.6. The summed E-state index contributed by atoms with van der Waals surface area (Å²) in [6.45, 7) is 15.4. The number of rotatable bonds is 7. The summed E-state index contributed by atoms with van der Waals surface area (Å²) < 4.78 is 11.1. The van der Waals surface area contributed by atoms with Crippen LogP contribution in [0.4, 0.5) is 4.79 Å². The van der Waals surface area contributed by atoms with Crippen molar-refractivity contribution in [3.8, 4) is 5.75 Å². The zero-order valence-electron chi connectivity index (χ0n) is 20.0. The quantitative estimate of drug-likeness (QED) is 0.620. The molecule has 0 radical (unpaired) electrons. The molecule has 0 spiro atoms. The number of carbonyl (C=O) groups is 2. The number of aryl methyl sites for hydroxylation is 1. The largest absolute Gasteiger partial charge is 0.508 e. The van der Waals surface area contributed by atoms with Gasteiger partial charge in [-0.15, -0.1) is 0 Å². The maximum Gasteiger partial charge on any atom is 0.410 e. The number of benzene rings is 1. The highest BCUT2D eigenvalue weighted by Gasteiger charge is 2.31. The van der Waals surface area contributed by atoms with Crippen LogP contribution in [-0.2, 0) is 20.7 Å². The van der Waals surface area contributed by atoms with Crippen molar-refractivity contribution in [2.45, 2.75) is 79.4 Å². The van der Waals surface area contributed by atoms with Gasteiger partial charge in [0.05, 0.1) is 5.92 Å². The number of amides is 1. The number of ether oxygens (including phenoxy) is 2. The lowest BCUT2D eigenvalue weighted by molar-refractivity contribution is -0.162. The predicted molar refractivity (Wildman–Crippen MR) is 119 cm³/mol. The number of phenols is 1. The first kappa shape index (κ1) is 25.8. The van der Waals surface area contributed by atoms with E-state index in [9.17, 15) is 14.7 Å². The van der Waals surface area contributed by atoms with Gasteiger partial charge in [-0.2, -0.15) is 0 Å². The van der Waals surface area contributed by atoms with Crippen molar-refractivity contribution < 1.29 is 24.2 Å². The van der Waals surface area contributed by atoms with E-state index < -0.39 is 17.1 Å². The summed E-state index contributed by atoms with van der Waals surface area (Å²) in [7, 11) is 1.70. The van der Waals surface area contributed by atoms with Crippen molar-refractivity contribution in [1.29, 1.82) is 0 Å². The minimum atomic E-state index is -0.586. The van der Waals surface area contributed by atoms with Crippen LogP contribution in [0.3, 0.4) is 0 Å². The Morgan fingerprint density at radius 3 is 2.10 bits per heavy atom. The first-order chi connectivity index (χ1) is 13.6. The molecule has 0 saturated carbocycles. The van der Waals surface area contributed by atoms with E-state index in [0.29, 0.717) is 19.4 Å². The summed E-state index contributed by atoms with van der Waals surface area (Å²) in [6, 6.07) is 5.34. The van der Waals surface area contributed by atoms with Gasteiger partial charge in [-0.05, 0) is 90.5 Å². The number of carbonyl (C=O) groups excluding carboxylic acids is 2. The van der Waals surface area contributed by atoms with E-state index in [4.69, 9.17) is 9.47 Å². The fourth-order valence-electron chi connectivity index (χ4n) is 3.14. The van der Waals surface area contributed by atoms with Crippen LogP contribution in [0.5, 0.6) is 5.75 Å². The molecule has 30 heavy (non-hydrogen) atoms. The van der Waals surface area contributed by atoms with E-state index in [0.717, 1.165) is 11.1 Å². The van der Waals surface area contributed by atoms with E-state index in [2.05, 4.69) is 0 Å². The van der Waals surface area contributed by atoms with Gasteiger partial charge < -0.3 is 19.5 Å². The summed E-state index contributed by atoms with van der Waals surface area (Å²) in [6.07, 6.45) is 0.700. The standard InChI is InChI=1S/C24H39NO5/c1-16-12-18(14-19(26)13-16)15-20(21(27)29-23(3,4)5)17(2)10-11-25(9)22(28)30-24(6,7)8/h12-14,17,20,26H,10-11,15H2,1-9H3. The molecule has 0 aromatic heterocycles. The Bertz CT molecular complexity index is 710. The normalized spacial score (nSPS) is 14.0. The Morgan fingerprint density at radius 1 is 1.03 bits per heavy atom. The molecule has 1 rings (SSSR count). The van der Waals surface area contributed by atoms with E-state index >= 15 is 0 Å². The molecule has 0 aliphatic heterocycles. The SMILES string of the molecule is Cc1cc(O)cc(CC(C(=O)OC(C)(C)C)C(C)CCN(C)C(=O)OC(C)(C)C)c1. The average molecular weight is 422 g/mol. The van der Waals surface area contributed by atoms with E-state index in [1.54, 1.807) is 19.2 Å². The topological polar surface area (TPSA) is 76.1 Å². The smallest absolute Gasteiger partial charge is 0.410 e. The molecule has 0 saturated heterocycles. The van der Waals surface area contributed by atoms with Crippen LogP contribution in [-0.4, -0.2) is 46.9 Å². The molecule has 1 N–H and O–H groups in total. The van der Waals surface area contributed by atoms with Gasteiger partial charge in [0.2, 0.25) is 0 Å². The van der Waals surface area contributed by atoms with Crippen molar-refractivity contribution in [2.24, 2.45) is 11.8 Å². The minimum Gasteiger partial charge on any atom is -0.508 e. The average Bonchev–Trinajstić information content (AvgIpc) is 2.53. The predicted octanol–water partition coefficient (Wildman–Crippen LogP) is 5.09. The first-order valence-corrected chi connectivity index (χ1v) is 10.5. The molecular formula is C24H39NO5. The van der Waals surface area contributed by atoms with Gasteiger partial charge in [0.15, 0.2) is 0 Å². The van der Waals surface area contributed by atoms with Gasteiger partial charge in [0.25, 0.3) is 0 Å². The van der Waals surface area contributed by atoms with E-state index in [1.165, 1.54) is 4.90 Å². The van der Waals surface area contributed by atoms with Crippen LogP contribution < -0.4 is 0 Å². The summed E-state index contributed by atoms with van der Waals surface area (Å²) in [5, 5.41) is 9.93. The summed E-state index contributed by atoms with van der Waals surface area (Å²) in [5.41, 5.74) is 0.682. The molecule has 1 aromatic carbocycles. The number of hydrogen-bond acceptors (Lipinski definition) is 5. The van der Waals surface area contributed by atoms with Crippen molar-refractivity contribution in [2.75, 3.05) is 13.6 Å². The second-order valence-electron chi connectivity index (χ2n) is 10.2. The summed E-state index contributed by atoms with van der Waals surface area (Å²) in [4.78, 5) is 26.7. The molecule has 0 heterocycles. The van der Waals surface area contributed by atoms with Gasteiger partial charge in [0, 0.05) is 13.6 Å². The van der Waals surface area contributed by atoms with Crippen molar-refractivity contribution in [3.05, 3.63) is 29.3 Å². The van der Waals surface area contributed by atoms with Crippen molar-refractivity contribution in [1.82, 2.24) is 4.90 Å². The third-order valence-corrected chi connectivity index (χ3v) is 4.60. The molecule has 2 atom stereocenters. The zero-order valence-corrected chi connectivity index (χ0v) is 20.0. The Kier molecular flexibility index (Phi) is 8.76. The van der Waals surface area contributed by atoms with Crippen molar-refractivity contribution in [3.63, 3.8) is 0 Å². The molecule has 0 aliphatic rings. The van der Waals surface area contributed by atoms with Crippen LogP contribution in [0, 0.1) is 18.8 Å². The number of esters is 1.